The molecule has 0 atom stereocenters. The van der Waals surface area contributed by atoms with E-state index < -0.39 is 0 Å². The second-order valence-electron chi connectivity index (χ2n) is 8.11. The van der Waals surface area contributed by atoms with Crippen LogP contribution >= 0.6 is 11.3 Å². The second-order valence-corrected chi connectivity index (χ2v) is 9.31. The Hall–Kier alpha value is -2.87. The van der Waals surface area contributed by atoms with Crippen molar-refractivity contribution in [2.45, 2.75) is 31.7 Å². The zero-order valence-electron chi connectivity index (χ0n) is 16.6. The largest absolute Gasteiger partial charge is 0.383 e. The van der Waals surface area contributed by atoms with Gasteiger partial charge in [-0.15, -0.1) is 11.3 Å². The Morgan fingerprint density at radius 2 is 2.10 bits per heavy atom. The molecule has 154 valence electrons. The fraction of sp³-hybridized carbons (Fsp3) is 0.364. The Kier molecular flexibility index (Phi) is 4.73. The molecule has 1 aromatic carbocycles. The number of benzene rings is 1. The zero-order chi connectivity index (χ0) is 20.7. The fourth-order valence-electron chi connectivity index (χ4n) is 4.67. The van der Waals surface area contributed by atoms with Crippen LogP contribution in [-0.4, -0.2) is 44.4 Å². The number of thiazole rings is 1. The van der Waals surface area contributed by atoms with Crippen molar-refractivity contribution in [3.05, 3.63) is 59.4 Å². The summed E-state index contributed by atoms with van der Waals surface area (Å²) in [5.74, 6) is 0.368. The first-order valence-electron chi connectivity index (χ1n) is 10.1. The third-order valence-corrected chi connectivity index (χ3v) is 7.11. The highest BCUT2D eigenvalue weighted by atomic mass is 32.1. The van der Waals surface area contributed by atoms with Crippen LogP contribution in [0.25, 0.3) is 10.6 Å². The Balaban J connectivity index is 1.41. The van der Waals surface area contributed by atoms with Crippen LogP contribution in [0.4, 0.5) is 10.1 Å². The maximum atomic E-state index is 13.6. The standard InChI is InChI=1S/C22H22FN5OS/c1-14-27-19(20(30-14)18-12-24-7-8-25-18)21(29)28-9-6-15-10-22(28,11-15)13-26-17-4-2-16(23)3-5-17/h2-5,7-8,12,15,26H,6,9-11,13H2,1H3. The van der Waals surface area contributed by atoms with E-state index in [1.807, 2.05) is 11.8 Å². The number of amides is 1. The minimum absolute atomic E-state index is 0.0425. The van der Waals surface area contributed by atoms with Gasteiger partial charge in [-0.05, 0) is 56.4 Å². The number of hydrogen-bond donors (Lipinski definition) is 1. The van der Waals surface area contributed by atoms with Gasteiger partial charge >= 0.3 is 0 Å². The van der Waals surface area contributed by atoms with Crippen molar-refractivity contribution in [2.24, 2.45) is 5.92 Å². The summed E-state index contributed by atoms with van der Waals surface area (Å²) in [6, 6.07) is 6.34. The molecule has 8 heteroatoms. The van der Waals surface area contributed by atoms with E-state index in [-0.39, 0.29) is 17.3 Å². The summed E-state index contributed by atoms with van der Waals surface area (Å²) >= 11 is 1.47. The first-order valence-corrected chi connectivity index (χ1v) is 10.9. The van der Waals surface area contributed by atoms with E-state index in [1.54, 1.807) is 30.7 Å². The molecule has 2 aromatic heterocycles. The molecule has 3 aliphatic rings. The van der Waals surface area contributed by atoms with Gasteiger partial charge in [-0.25, -0.2) is 9.37 Å². The number of nitrogens with one attached hydrogen (secondary N) is 1. The summed E-state index contributed by atoms with van der Waals surface area (Å²) in [5, 5.41) is 4.24. The normalized spacial score (nSPS) is 22.5. The summed E-state index contributed by atoms with van der Waals surface area (Å²) in [7, 11) is 0. The highest BCUT2D eigenvalue weighted by Crippen LogP contribution is 2.49. The first-order chi connectivity index (χ1) is 14.5. The molecule has 3 fully saturated rings. The van der Waals surface area contributed by atoms with E-state index >= 15 is 0 Å². The maximum absolute atomic E-state index is 13.6. The van der Waals surface area contributed by atoms with Gasteiger partial charge < -0.3 is 10.2 Å². The summed E-state index contributed by atoms with van der Waals surface area (Å²) in [4.78, 5) is 29.5. The molecule has 1 saturated carbocycles. The molecular weight excluding hydrogens is 401 g/mol. The van der Waals surface area contributed by atoms with Gasteiger partial charge in [0.2, 0.25) is 0 Å². The predicted molar refractivity (Wildman–Crippen MR) is 114 cm³/mol. The molecule has 4 heterocycles. The van der Waals surface area contributed by atoms with Crippen molar-refractivity contribution >= 4 is 22.9 Å². The first kappa shape index (κ1) is 19.1. The lowest BCUT2D eigenvalue weighted by atomic mass is 9.62. The Morgan fingerprint density at radius 1 is 1.30 bits per heavy atom. The molecule has 3 aromatic rings. The number of carbonyl (C=O) groups is 1. The van der Waals surface area contributed by atoms with Gasteiger partial charge in [-0.2, -0.15) is 0 Å². The van der Waals surface area contributed by atoms with Crippen molar-refractivity contribution in [3.63, 3.8) is 0 Å². The van der Waals surface area contributed by atoms with Crippen LogP contribution in [0.5, 0.6) is 0 Å². The predicted octanol–water partition coefficient (Wildman–Crippen LogP) is 4.15. The third-order valence-electron chi connectivity index (χ3n) is 6.11. The molecule has 1 N–H and O–H groups in total. The molecule has 2 saturated heterocycles. The molecular formula is C22H22FN5OS. The molecule has 0 spiro atoms. The molecule has 0 radical (unpaired) electrons. The molecule has 1 amide bonds. The quantitative estimate of drug-likeness (QED) is 0.667. The highest BCUT2D eigenvalue weighted by molar-refractivity contribution is 7.15. The van der Waals surface area contributed by atoms with E-state index in [9.17, 15) is 9.18 Å². The van der Waals surface area contributed by atoms with E-state index in [4.69, 9.17) is 0 Å². The Bertz CT molecular complexity index is 1060. The van der Waals surface area contributed by atoms with Crippen LogP contribution in [0, 0.1) is 18.7 Å². The number of piperidine rings is 2. The van der Waals surface area contributed by atoms with Gasteiger partial charge in [0.1, 0.15) is 17.2 Å². The third kappa shape index (κ3) is 3.35. The van der Waals surface area contributed by atoms with E-state index in [1.165, 1.54) is 23.5 Å². The number of nitrogens with zero attached hydrogens (tertiary/aromatic N) is 4. The van der Waals surface area contributed by atoms with Crippen LogP contribution in [0.2, 0.25) is 0 Å². The number of halogens is 1. The number of hydrogen-bond acceptors (Lipinski definition) is 6. The van der Waals surface area contributed by atoms with Crippen LogP contribution in [0.3, 0.4) is 0 Å². The smallest absolute Gasteiger partial charge is 0.274 e. The Morgan fingerprint density at radius 3 is 2.83 bits per heavy atom. The van der Waals surface area contributed by atoms with E-state index in [0.717, 1.165) is 41.4 Å². The van der Waals surface area contributed by atoms with Crippen molar-refractivity contribution < 1.29 is 9.18 Å². The van der Waals surface area contributed by atoms with Crippen LogP contribution in [0.1, 0.15) is 34.8 Å². The lowest BCUT2D eigenvalue weighted by Crippen LogP contribution is -2.67. The number of aryl methyl sites for hydroxylation is 1. The maximum Gasteiger partial charge on any atom is 0.274 e. The van der Waals surface area contributed by atoms with Gasteiger partial charge in [0.05, 0.1) is 21.6 Å². The average molecular weight is 424 g/mol. The fourth-order valence-corrected chi connectivity index (χ4v) is 5.54. The lowest BCUT2D eigenvalue weighted by Gasteiger charge is -2.59. The minimum Gasteiger partial charge on any atom is -0.383 e. The molecule has 30 heavy (non-hydrogen) atoms. The monoisotopic (exact) mass is 423 g/mol. The van der Waals surface area contributed by atoms with Crippen LogP contribution in [0.15, 0.2) is 42.9 Å². The molecule has 1 aliphatic carbocycles. The summed E-state index contributed by atoms with van der Waals surface area (Å²) in [6.45, 7) is 3.28. The number of aromatic nitrogens is 3. The van der Waals surface area contributed by atoms with Gasteiger partial charge in [-0.3, -0.25) is 14.8 Å². The van der Waals surface area contributed by atoms with Gasteiger partial charge in [0, 0.05) is 31.2 Å². The lowest BCUT2D eigenvalue weighted by molar-refractivity contribution is -0.0489. The highest BCUT2D eigenvalue weighted by Gasteiger charge is 2.54. The number of fused-ring (bicyclic) bond motifs is 2. The SMILES string of the molecule is Cc1nc(C(=O)N2CCC3CC2(CNc2ccc(F)cc2)C3)c(-c2cnccn2)s1. The number of rotatable bonds is 5. The van der Waals surface area contributed by atoms with E-state index in [2.05, 4.69) is 20.3 Å². The second kappa shape index (κ2) is 7.43. The van der Waals surface area contributed by atoms with Crippen molar-refractivity contribution in [1.82, 2.24) is 19.9 Å². The molecule has 6 nitrogen and oxygen atoms in total. The minimum atomic E-state index is -0.257. The van der Waals surface area contributed by atoms with Crippen molar-refractivity contribution in [1.29, 1.82) is 0 Å². The molecule has 2 aliphatic heterocycles. The number of anilines is 1. The van der Waals surface area contributed by atoms with Gasteiger partial charge in [-0.1, -0.05) is 0 Å². The number of carbonyl (C=O) groups excluding carboxylic acids is 1. The van der Waals surface area contributed by atoms with Gasteiger partial charge in [0.15, 0.2) is 0 Å². The van der Waals surface area contributed by atoms with Crippen LogP contribution < -0.4 is 5.32 Å². The van der Waals surface area contributed by atoms with E-state index in [0.29, 0.717) is 23.9 Å². The summed E-state index contributed by atoms with van der Waals surface area (Å²) < 4.78 is 13.2. The summed E-state index contributed by atoms with van der Waals surface area (Å²) in [5.41, 5.74) is 1.76. The topological polar surface area (TPSA) is 71.0 Å². The molecule has 2 bridgehead atoms. The van der Waals surface area contributed by atoms with Crippen molar-refractivity contribution in [2.75, 3.05) is 18.4 Å². The average Bonchev–Trinajstić information content (AvgIpc) is 3.14. The van der Waals surface area contributed by atoms with Gasteiger partial charge in [0.25, 0.3) is 5.91 Å². The zero-order valence-corrected chi connectivity index (χ0v) is 17.5. The Labute approximate surface area is 178 Å². The van der Waals surface area contributed by atoms with Crippen molar-refractivity contribution in [3.8, 4) is 10.6 Å². The summed E-state index contributed by atoms with van der Waals surface area (Å²) in [6.07, 6.45) is 7.91. The molecule has 0 unspecified atom stereocenters. The van der Waals surface area contributed by atoms with Crippen LogP contribution in [-0.2, 0) is 0 Å². The molecule has 6 rings (SSSR count).